The smallest absolute Gasteiger partial charge is 0.370 e. The summed E-state index contributed by atoms with van der Waals surface area (Å²) in [4.78, 5) is 11.3. The van der Waals surface area contributed by atoms with Crippen LogP contribution in [-0.2, 0) is 43.9 Å². The van der Waals surface area contributed by atoms with Crippen molar-refractivity contribution in [2.24, 2.45) is 5.41 Å². The molecule has 0 aromatic rings. The van der Waals surface area contributed by atoms with Crippen LogP contribution in [0.15, 0.2) is 11.8 Å². The van der Waals surface area contributed by atoms with Crippen LogP contribution in [0.5, 0.6) is 0 Å². The summed E-state index contributed by atoms with van der Waals surface area (Å²) in [6.45, 7) is 3.00. The quantitative estimate of drug-likeness (QED) is 0.130. The third-order valence-electron chi connectivity index (χ3n) is 6.18. The first-order valence-electron chi connectivity index (χ1n) is 10.4. The Kier molecular flexibility index (Phi) is 8.86. The second kappa shape index (κ2) is 10.4. The molecule has 16 nitrogen and oxygen atoms in total. The summed E-state index contributed by atoms with van der Waals surface area (Å²) in [5.74, 6) is -2.19. The molecule has 0 aromatic heterocycles. The maximum Gasteiger partial charge on any atom is 0.370 e. The lowest BCUT2D eigenvalue weighted by Crippen LogP contribution is -2.71. The number of aliphatic hydroxyl groups is 3. The molecule has 3 unspecified atom stereocenters. The van der Waals surface area contributed by atoms with Crippen LogP contribution in [0.1, 0.15) is 27.7 Å². The Bertz CT molecular complexity index is 1070. The minimum absolute atomic E-state index is 0.590. The number of carboxylic acid groups (broad SMARTS) is 1. The summed E-state index contributed by atoms with van der Waals surface area (Å²) in [6.07, 6.45) is -5.68. The molecule has 0 radical (unpaired) electrons. The van der Waals surface area contributed by atoms with Crippen LogP contribution in [-0.4, -0.2) is 114 Å². The number of aliphatic hydroxyl groups excluding tert-OH is 3. The fourth-order valence-electron chi connectivity index (χ4n) is 4.09. The number of rotatable bonds is 10. The summed E-state index contributed by atoms with van der Waals surface area (Å²) in [6, 6.07) is -1.57. The van der Waals surface area contributed by atoms with E-state index in [1.165, 1.54) is 27.7 Å². The molecule has 0 aromatic carbocycles. The van der Waals surface area contributed by atoms with Crippen molar-refractivity contribution < 1.29 is 69.6 Å². The Morgan fingerprint density at radius 3 is 2.17 bits per heavy atom. The van der Waals surface area contributed by atoms with Gasteiger partial charge in [-0.05, 0) is 26.8 Å². The van der Waals surface area contributed by atoms with E-state index in [0.717, 1.165) is 6.08 Å². The van der Waals surface area contributed by atoms with Crippen LogP contribution >= 0.6 is 0 Å². The minimum Gasteiger partial charge on any atom is -0.735 e. The van der Waals surface area contributed by atoms with E-state index in [1.807, 2.05) is 0 Å². The third-order valence-corrected chi connectivity index (χ3v) is 7.15. The highest BCUT2D eigenvalue weighted by atomic mass is 32.3. The van der Waals surface area contributed by atoms with Crippen molar-refractivity contribution >= 4 is 26.7 Å². The van der Waals surface area contributed by atoms with Crippen molar-refractivity contribution in [3.8, 4) is 0 Å². The van der Waals surface area contributed by atoms with Gasteiger partial charge in [0.1, 0.15) is 12.2 Å². The number of carboxylic acids is 1. The standard InChI is InChI=1S/C18H31NO15S2/c1-16(2)12(19-35(25,26)27)14(22)17(3,11(34-16)6-32-36(28,29)30)7-31-8-18(4)13(21)9(20)5-10(33-18)15(23)24/h5,9,11-14,19-22H,6-8H2,1-4H3,(H,23,24)(H,25,26,27)(H,28,29,30)/p-2/t9-,11?,12?,13?,14+,17+,18+/m0/s1. The molecule has 2 heterocycles. The van der Waals surface area contributed by atoms with Crippen molar-refractivity contribution in [3.05, 3.63) is 11.8 Å². The average Bonchev–Trinajstić information content (AvgIpc) is 2.70. The number of nitrogens with one attached hydrogen (secondary N) is 1. The van der Waals surface area contributed by atoms with E-state index in [0.29, 0.717) is 0 Å². The molecule has 0 spiro atoms. The predicted octanol–water partition coefficient (Wildman–Crippen LogP) is -3.08. The molecule has 18 heteroatoms. The molecule has 2 rings (SSSR count). The number of hydrogen-bond donors (Lipinski definition) is 5. The highest BCUT2D eigenvalue weighted by molar-refractivity contribution is 7.83. The van der Waals surface area contributed by atoms with Gasteiger partial charge in [0.25, 0.3) is 0 Å². The first-order chi connectivity index (χ1) is 16.1. The molecule has 0 amide bonds. The molecule has 0 bridgehead atoms. The van der Waals surface area contributed by atoms with Gasteiger partial charge in [-0.3, -0.25) is 4.18 Å². The lowest BCUT2D eigenvalue weighted by Gasteiger charge is -2.55. The molecule has 1 saturated heterocycles. The third kappa shape index (κ3) is 7.10. The number of ether oxygens (including phenoxy) is 3. The van der Waals surface area contributed by atoms with Crippen molar-refractivity contribution in [1.29, 1.82) is 0 Å². The van der Waals surface area contributed by atoms with Gasteiger partial charge in [0.2, 0.25) is 16.2 Å². The molecule has 0 aliphatic carbocycles. The Hall–Kier alpha value is -1.45. The Labute approximate surface area is 207 Å². The SMILES string of the molecule is CC1(C)OC(COS(=O)(=O)[O-])[C@@](C)(COC[C@@]2(C)OC(C(=O)O)=C[C@H](O)C2O)[C@H](O)C1NS(=O)(=O)[O-]. The number of aliphatic carboxylic acids is 1. The first kappa shape index (κ1) is 30.8. The fraction of sp³-hybridized carbons (Fsp3) is 0.833. The highest BCUT2D eigenvalue weighted by Crippen LogP contribution is 2.42. The number of hydrogen-bond acceptors (Lipinski definition) is 14. The van der Waals surface area contributed by atoms with Crippen LogP contribution < -0.4 is 4.72 Å². The van der Waals surface area contributed by atoms with Gasteiger partial charge in [-0.15, -0.1) is 0 Å². The summed E-state index contributed by atoms with van der Waals surface area (Å²) in [5.41, 5.74) is -5.15. The van der Waals surface area contributed by atoms with Crippen LogP contribution in [0.3, 0.4) is 0 Å². The maximum absolute atomic E-state index is 11.4. The largest absolute Gasteiger partial charge is 0.735 e. The topological polar surface area (TPSA) is 261 Å². The van der Waals surface area contributed by atoms with Gasteiger partial charge in [-0.1, -0.05) is 6.92 Å². The molecular formula is C18H29NO15S2-2. The molecule has 210 valence electrons. The summed E-state index contributed by atoms with van der Waals surface area (Å²) < 4.78 is 89.7. The molecule has 1 fully saturated rings. The maximum atomic E-state index is 11.4. The van der Waals surface area contributed by atoms with Gasteiger partial charge < -0.3 is 43.7 Å². The van der Waals surface area contributed by atoms with E-state index in [-0.39, 0.29) is 0 Å². The molecular weight excluding hydrogens is 534 g/mol. The van der Waals surface area contributed by atoms with E-state index < -0.39 is 99.3 Å². The van der Waals surface area contributed by atoms with Crippen LogP contribution in [0.4, 0.5) is 0 Å². The second-order valence-corrected chi connectivity index (χ2v) is 11.8. The van der Waals surface area contributed by atoms with Gasteiger partial charge in [-0.2, -0.15) is 0 Å². The van der Waals surface area contributed by atoms with Gasteiger partial charge in [0.15, 0.2) is 15.9 Å². The van der Waals surface area contributed by atoms with Gasteiger partial charge >= 0.3 is 5.97 Å². The van der Waals surface area contributed by atoms with E-state index in [4.69, 9.17) is 19.3 Å². The monoisotopic (exact) mass is 563 g/mol. The summed E-state index contributed by atoms with van der Waals surface area (Å²) in [5, 5.41) is 40.5. The lowest BCUT2D eigenvalue weighted by atomic mass is 9.70. The Morgan fingerprint density at radius 2 is 1.67 bits per heavy atom. The minimum atomic E-state index is -5.20. The summed E-state index contributed by atoms with van der Waals surface area (Å²) in [7, 11) is -10.3. The molecule has 36 heavy (non-hydrogen) atoms. The van der Waals surface area contributed by atoms with E-state index >= 15 is 0 Å². The van der Waals surface area contributed by atoms with Crippen molar-refractivity contribution in [1.82, 2.24) is 4.72 Å². The van der Waals surface area contributed by atoms with Gasteiger partial charge in [0, 0.05) is 5.41 Å². The zero-order valence-electron chi connectivity index (χ0n) is 19.7. The molecule has 0 saturated carbocycles. The van der Waals surface area contributed by atoms with Crippen molar-refractivity contribution in [2.45, 2.75) is 69.4 Å². The zero-order valence-corrected chi connectivity index (χ0v) is 21.3. The Balaban J connectivity index is 2.33. The van der Waals surface area contributed by atoms with Crippen molar-refractivity contribution in [2.75, 3.05) is 19.8 Å². The predicted molar refractivity (Wildman–Crippen MR) is 113 cm³/mol. The van der Waals surface area contributed by atoms with Crippen molar-refractivity contribution in [3.63, 3.8) is 0 Å². The Morgan fingerprint density at radius 1 is 1.08 bits per heavy atom. The first-order valence-corrected chi connectivity index (χ1v) is 13.1. The zero-order chi connectivity index (χ0) is 27.9. The number of carbonyl (C=O) groups is 1. The van der Waals surface area contributed by atoms with Crippen LogP contribution in [0, 0.1) is 5.41 Å². The van der Waals surface area contributed by atoms with E-state index in [2.05, 4.69) is 4.18 Å². The van der Waals surface area contributed by atoms with Gasteiger partial charge in [-0.25, -0.2) is 26.4 Å². The lowest BCUT2D eigenvalue weighted by molar-refractivity contribution is -0.254. The van der Waals surface area contributed by atoms with E-state index in [1.54, 1.807) is 4.72 Å². The molecule has 7 atom stereocenters. The normalized spacial score (nSPS) is 37.1. The van der Waals surface area contributed by atoms with Crippen LogP contribution in [0.25, 0.3) is 0 Å². The second-order valence-electron chi connectivity index (χ2n) is 9.58. The van der Waals surface area contributed by atoms with E-state index in [9.17, 15) is 46.1 Å². The molecule has 2 aliphatic heterocycles. The van der Waals surface area contributed by atoms with Gasteiger partial charge in [0.05, 0.1) is 43.7 Å². The fourth-order valence-corrected chi connectivity index (χ4v) is 5.11. The van der Waals surface area contributed by atoms with Crippen LogP contribution in [0.2, 0.25) is 0 Å². The molecule has 2 aliphatic rings. The highest BCUT2D eigenvalue weighted by Gasteiger charge is 2.57. The summed E-state index contributed by atoms with van der Waals surface area (Å²) >= 11 is 0. The molecule has 5 N–H and O–H groups in total. The average molecular weight is 564 g/mol.